The van der Waals surface area contributed by atoms with Gasteiger partial charge in [0, 0.05) is 29.5 Å². The van der Waals surface area contributed by atoms with Crippen LogP contribution in [-0.2, 0) is 12.8 Å². The van der Waals surface area contributed by atoms with E-state index in [-0.39, 0.29) is 57.8 Å². The van der Waals surface area contributed by atoms with Crippen LogP contribution in [0.5, 0.6) is 28.7 Å². The van der Waals surface area contributed by atoms with Crippen molar-refractivity contribution in [3.05, 3.63) is 111 Å². The molecule has 0 spiro atoms. The van der Waals surface area contributed by atoms with Crippen molar-refractivity contribution in [2.75, 3.05) is 0 Å². The topological polar surface area (TPSA) is 131 Å². The summed E-state index contributed by atoms with van der Waals surface area (Å²) in [4.78, 5) is 13.4. The molecule has 36 heavy (non-hydrogen) atoms. The number of hydrogen-bond acceptors (Lipinski definition) is 7. The number of phenols is 4. The van der Waals surface area contributed by atoms with Crippen molar-refractivity contribution in [1.29, 1.82) is 0 Å². The first kappa shape index (κ1) is 22.9. The Morgan fingerprint density at radius 2 is 1.19 bits per heavy atom. The monoisotopic (exact) mass is 482 g/mol. The van der Waals surface area contributed by atoms with Crippen LogP contribution in [0, 0.1) is 0 Å². The third kappa shape index (κ3) is 3.96. The molecule has 5 aromatic rings. The van der Waals surface area contributed by atoms with Crippen LogP contribution < -0.4 is 5.43 Å². The van der Waals surface area contributed by atoms with E-state index in [1.807, 2.05) is 60.7 Å². The number of phenolic OH excluding ortho intramolecular Hbond substituents is 4. The molecule has 0 amide bonds. The zero-order valence-corrected chi connectivity index (χ0v) is 19.0. The summed E-state index contributed by atoms with van der Waals surface area (Å²) in [7, 11) is 0. The molecule has 5 N–H and O–H groups in total. The van der Waals surface area contributed by atoms with Crippen molar-refractivity contribution < 1.29 is 29.9 Å². The molecule has 180 valence electrons. The normalized spacial score (nSPS) is 11.1. The molecule has 0 atom stereocenters. The second-order valence-corrected chi connectivity index (χ2v) is 8.50. The largest absolute Gasteiger partial charge is 0.507 e. The molecule has 5 rings (SSSR count). The van der Waals surface area contributed by atoms with Crippen LogP contribution >= 0.6 is 0 Å². The fraction of sp³-hybridized carbons (Fsp3) is 0.0690. The van der Waals surface area contributed by atoms with E-state index in [1.54, 1.807) is 0 Å². The van der Waals surface area contributed by atoms with Crippen molar-refractivity contribution in [1.82, 2.24) is 0 Å². The van der Waals surface area contributed by atoms with Crippen molar-refractivity contribution in [3.63, 3.8) is 0 Å². The Labute approximate surface area is 205 Å². The third-order valence-corrected chi connectivity index (χ3v) is 6.14. The molecule has 0 aliphatic carbocycles. The van der Waals surface area contributed by atoms with Gasteiger partial charge in [-0.2, -0.15) is 0 Å². The van der Waals surface area contributed by atoms with Gasteiger partial charge in [0.25, 0.3) is 0 Å². The summed E-state index contributed by atoms with van der Waals surface area (Å²) < 4.78 is 5.96. The Balaban J connectivity index is 1.82. The van der Waals surface area contributed by atoms with Gasteiger partial charge in [-0.1, -0.05) is 60.7 Å². The summed E-state index contributed by atoms with van der Waals surface area (Å²) in [5.74, 6) is -2.60. The molecule has 7 nitrogen and oxygen atoms in total. The van der Waals surface area contributed by atoms with E-state index in [4.69, 9.17) is 4.42 Å². The van der Waals surface area contributed by atoms with Gasteiger partial charge < -0.3 is 29.9 Å². The van der Waals surface area contributed by atoms with Crippen LogP contribution in [0.3, 0.4) is 0 Å². The van der Waals surface area contributed by atoms with Gasteiger partial charge in [0.1, 0.15) is 22.5 Å². The lowest BCUT2D eigenvalue weighted by Gasteiger charge is -2.17. The molecule has 0 bridgehead atoms. The van der Waals surface area contributed by atoms with Crippen LogP contribution in [0.15, 0.2) is 88.1 Å². The lowest BCUT2D eigenvalue weighted by atomic mass is 9.93. The third-order valence-electron chi connectivity index (χ3n) is 6.14. The fourth-order valence-corrected chi connectivity index (χ4v) is 4.30. The van der Waals surface area contributed by atoms with Gasteiger partial charge in [-0.3, -0.25) is 4.79 Å². The molecule has 0 saturated carbocycles. The van der Waals surface area contributed by atoms with Gasteiger partial charge >= 0.3 is 0 Å². The summed E-state index contributed by atoms with van der Waals surface area (Å²) in [6.07, 6.45) is 0.323. The molecule has 0 unspecified atom stereocenters. The number of hydrogen-bond donors (Lipinski definition) is 5. The Morgan fingerprint density at radius 1 is 0.611 bits per heavy atom. The zero-order chi connectivity index (χ0) is 25.4. The minimum atomic E-state index is -0.889. The van der Waals surface area contributed by atoms with Gasteiger partial charge in [-0.05, 0) is 29.3 Å². The predicted octanol–water partition coefficient (Wildman–Crippen LogP) is 5.17. The van der Waals surface area contributed by atoms with Gasteiger partial charge in [0.05, 0.1) is 0 Å². The molecular formula is C29H22O7. The number of benzene rings is 4. The smallest absolute Gasteiger partial charge is 0.238 e. The van der Waals surface area contributed by atoms with Crippen molar-refractivity contribution in [2.45, 2.75) is 12.8 Å². The Bertz CT molecular complexity index is 1640. The summed E-state index contributed by atoms with van der Waals surface area (Å²) in [6.45, 7) is 0. The van der Waals surface area contributed by atoms with Crippen LogP contribution in [0.2, 0.25) is 0 Å². The Hall–Kier alpha value is -4.91. The molecule has 0 saturated heterocycles. The van der Waals surface area contributed by atoms with Crippen LogP contribution in [0.1, 0.15) is 22.3 Å². The van der Waals surface area contributed by atoms with Crippen LogP contribution in [-0.4, -0.2) is 25.5 Å². The summed E-state index contributed by atoms with van der Waals surface area (Å²) in [6, 6.07) is 22.1. The predicted molar refractivity (Wildman–Crippen MR) is 135 cm³/mol. The fourth-order valence-electron chi connectivity index (χ4n) is 4.30. The summed E-state index contributed by atoms with van der Waals surface area (Å²) in [5, 5.41) is 52.5. The van der Waals surface area contributed by atoms with E-state index in [0.717, 1.165) is 17.2 Å². The van der Waals surface area contributed by atoms with E-state index in [9.17, 15) is 30.3 Å². The van der Waals surface area contributed by atoms with Crippen molar-refractivity contribution in [2.24, 2.45) is 0 Å². The van der Waals surface area contributed by atoms with E-state index < -0.39 is 22.7 Å². The van der Waals surface area contributed by atoms with Gasteiger partial charge in [-0.15, -0.1) is 0 Å². The van der Waals surface area contributed by atoms with E-state index >= 15 is 0 Å². The minimum Gasteiger partial charge on any atom is -0.507 e. The maximum atomic E-state index is 13.4. The van der Waals surface area contributed by atoms with Gasteiger partial charge in [-0.25, -0.2) is 0 Å². The zero-order valence-electron chi connectivity index (χ0n) is 19.0. The molecule has 0 fully saturated rings. The highest BCUT2D eigenvalue weighted by Gasteiger charge is 2.27. The Kier molecular flexibility index (Phi) is 5.74. The van der Waals surface area contributed by atoms with Crippen LogP contribution in [0.4, 0.5) is 0 Å². The number of aromatic hydroxyl groups is 5. The summed E-state index contributed by atoms with van der Waals surface area (Å²) in [5.41, 5.74) is 1.18. The number of rotatable bonds is 5. The van der Waals surface area contributed by atoms with Crippen molar-refractivity contribution in [3.8, 4) is 40.1 Å². The highest BCUT2D eigenvalue weighted by Crippen LogP contribution is 2.44. The van der Waals surface area contributed by atoms with Crippen molar-refractivity contribution >= 4 is 11.0 Å². The second-order valence-electron chi connectivity index (χ2n) is 8.50. The first-order chi connectivity index (χ1) is 17.3. The van der Waals surface area contributed by atoms with Gasteiger partial charge in [0.2, 0.25) is 11.2 Å². The second kappa shape index (κ2) is 9.03. The standard InChI is InChI=1S/C29H22O7/c30-21-12-11-18(15-22(21)31)28-27(35)26(34)23-25(33)19(13-16-7-3-1-4-8-16)24(32)20(29(23)36-28)14-17-9-5-2-6-10-17/h1-12,15,30-33,35H,13-14H2. The highest BCUT2D eigenvalue weighted by molar-refractivity contribution is 5.93. The SMILES string of the molecule is O=c1c(O)c(-c2ccc(O)c(O)c2)oc2c(Cc3ccccc3)c(O)c(Cc3ccccc3)c(O)c12. The maximum Gasteiger partial charge on any atom is 0.238 e. The average Bonchev–Trinajstić information content (AvgIpc) is 2.89. The molecule has 7 heteroatoms. The maximum absolute atomic E-state index is 13.4. The first-order valence-corrected chi connectivity index (χ1v) is 11.2. The van der Waals surface area contributed by atoms with E-state index in [1.165, 1.54) is 12.1 Å². The molecule has 0 aliphatic rings. The highest BCUT2D eigenvalue weighted by atomic mass is 16.4. The first-order valence-electron chi connectivity index (χ1n) is 11.2. The lowest BCUT2D eigenvalue weighted by Crippen LogP contribution is -2.07. The van der Waals surface area contributed by atoms with E-state index in [0.29, 0.717) is 0 Å². The average molecular weight is 482 g/mol. The van der Waals surface area contributed by atoms with E-state index in [2.05, 4.69) is 0 Å². The lowest BCUT2D eigenvalue weighted by molar-refractivity contribution is 0.403. The molecule has 0 radical (unpaired) electrons. The Morgan fingerprint density at radius 3 is 1.78 bits per heavy atom. The summed E-state index contributed by atoms with van der Waals surface area (Å²) >= 11 is 0. The minimum absolute atomic E-state index is 0.0870. The molecule has 4 aromatic carbocycles. The molecule has 1 aromatic heterocycles. The quantitative estimate of drug-likeness (QED) is 0.218. The van der Waals surface area contributed by atoms with Crippen LogP contribution in [0.25, 0.3) is 22.3 Å². The van der Waals surface area contributed by atoms with Gasteiger partial charge in [0.15, 0.2) is 17.3 Å². The number of fused-ring (bicyclic) bond motifs is 1. The molecule has 0 aliphatic heterocycles. The molecule has 1 heterocycles. The molecular weight excluding hydrogens is 460 g/mol.